The van der Waals surface area contributed by atoms with Crippen molar-refractivity contribution < 1.29 is 9.53 Å². The van der Waals surface area contributed by atoms with Crippen molar-refractivity contribution in [3.63, 3.8) is 0 Å². The van der Waals surface area contributed by atoms with E-state index in [0.717, 1.165) is 18.8 Å². The molecule has 0 aromatic heterocycles. The van der Waals surface area contributed by atoms with E-state index in [1.54, 1.807) is 0 Å². The van der Waals surface area contributed by atoms with E-state index in [2.05, 4.69) is 6.92 Å². The Kier molecular flexibility index (Phi) is 7.28. The summed E-state index contributed by atoms with van der Waals surface area (Å²) in [5.41, 5.74) is 0. The minimum absolute atomic E-state index is 0.00473. The maximum Gasteiger partial charge on any atom is 0.305 e. The Morgan fingerprint density at radius 2 is 1.56 bits per heavy atom. The van der Waals surface area contributed by atoms with Crippen LogP contribution >= 0.6 is 0 Å². The number of carbonyl (C=O) groups excluding carboxylic acids is 1. The molecule has 16 heavy (non-hydrogen) atoms. The average molecular weight is 226 g/mol. The van der Waals surface area contributed by atoms with Gasteiger partial charge in [0.2, 0.25) is 0 Å². The Bertz CT molecular complexity index is 189. The lowest BCUT2D eigenvalue weighted by Crippen LogP contribution is -2.06. The zero-order valence-electron chi connectivity index (χ0n) is 10.7. The van der Waals surface area contributed by atoms with Crippen molar-refractivity contribution in [1.29, 1.82) is 0 Å². The number of hydrogen-bond donors (Lipinski definition) is 0. The van der Waals surface area contributed by atoms with E-state index in [0.29, 0.717) is 13.0 Å². The van der Waals surface area contributed by atoms with E-state index in [1.807, 2.05) is 0 Å². The van der Waals surface area contributed by atoms with Gasteiger partial charge < -0.3 is 4.74 Å². The number of carbonyl (C=O) groups is 1. The molecule has 2 heteroatoms. The molecule has 1 aliphatic rings. The van der Waals surface area contributed by atoms with Gasteiger partial charge in [0, 0.05) is 6.42 Å². The van der Waals surface area contributed by atoms with Crippen LogP contribution in [0.15, 0.2) is 0 Å². The van der Waals surface area contributed by atoms with Crippen molar-refractivity contribution in [2.75, 3.05) is 6.61 Å². The Balaban J connectivity index is 2.21. The SMILES string of the molecule is CC1CCCCCCCC(=O)OCCCC1. The summed E-state index contributed by atoms with van der Waals surface area (Å²) in [6, 6.07) is 0. The normalized spacial score (nSPS) is 26.8. The minimum atomic E-state index is 0.00473. The van der Waals surface area contributed by atoms with Crippen molar-refractivity contribution in [1.82, 2.24) is 0 Å². The van der Waals surface area contributed by atoms with Gasteiger partial charge in [-0.15, -0.1) is 0 Å². The molecule has 1 heterocycles. The number of cyclic esters (lactones) is 1. The highest BCUT2D eigenvalue weighted by Gasteiger charge is 2.06. The van der Waals surface area contributed by atoms with Crippen molar-refractivity contribution in [2.24, 2.45) is 5.92 Å². The van der Waals surface area contributed by atoms with Gasteiger partial charge in [-0.1, -0.05) is 45.4 Å². The van der Waals surface area contributed by atoms with Crippen LogP contribution in [0, 0.1) is 5.92 Å². The van der Waals surface area contributed by atoms with Crippen LogP contribution in [-0.4, -0.2) is 12.6 Å². The van der Waals surface area contributed by atoms with Gasteiger partial charge in [0.25, 0.3) is 0 Å². The highest BCUT2D eigenvalue weighted by Crippen LogP contribution is 2.17. The summed E-state index contributed by atoms with van der Waals surface area (Å²) < 4.78 is 5.18. The zero-order chi connectivity index (χ0) is 11.6. The highest BCUT2D eigenvalue weighted by atomic mass is 16.5. The van der Waals surface area contributed by atoms with Crippen LogP contribution < -0.4 is 0 Å². The molecular weight excluding hydrogens is 200 g/mol. The van der Waals surface area contributed by atoms with Crippen LogP contribution in [0.1, 0.15) is 71.1 Å². The predicted molar refractivity (Wildman–Crippen MR) is 66.3 cm³/mol. The third kappa shape index (κ3) is 6.86. The second-order valence-corrected chi connectivity index (χ2v) is 5.13. The molecule has 1 fully saturated rings. The molecule has 94 valence electrons. The van der Waals surface area contributed by atoms with E-state index in [-0.39, 0.29) is 5.97 Å². The molecule has 0 amide bonds. The van der Waals surface area contributed by atoms with Crippen molar-refractivity contribution in [2.45, 2.75) is 71.1 Å². The zero-order valence-corrected chi connectivity index (χ0v) is 10.7. The fourth-order valence-corrected chi connectivity index (χ4v) is 2.29. The molecule has 0 radical (unpaired) electrons. The third-order valence-electron chi connectivity index (χ3n) is 3.43. The molecule has 1 rings (SSSR count). The Morgan fingerprint density at radius 3 is 2.38 bits per heavy atom. The largest absolute Gasteiger partial charge is 0.466 e. The maximum atomic E-state index is 11.3. The maximum absolute atomic E-state index is 11.3. The fourth-order valence-electron chi connectivity index (χ4n) is 2.29. The van der Waals surface area contributed by atoms with Crippen molar-refractivity contribution in [3.8, 4) is 0 Å². The predicted octanol–water partition coefficient (Wildman–Crippen LogP) is 4.08. The van der Waals surface area contributed by atoms with Crippen LogP contribution in [0.5, 0.6) is 0 Å². The molecule has 0 spiro atoms. The number of esters is 1. The van der Waals surface area contributed by atoms with E-state index < -0.39 is 0 Å². The summed E-state index contributed by atoms with van der Waals surface area (Å²) in [5, 5.41) is 0. The van der Waals surface area contributed by atoms with E-state index >= 15 is 0 Å². The van der Waals surface area contributed by atoms with Gasteiger partial charge >= 0.3 is 5.97 Å². The molecule has 1 unspecified atom stereocenters. The monoisotopic (exact) mass is 226 g/mol. The number of ether oxygens (including phenoxy) is 1. The van der Waals surface area contributed by atoms with Gasteiger partial charge in [0.05, 0.1) is 6.61 Å². The lowest BCUT2D eigenvalue weighted by Gasteiger charge is -2.12. The first kappa shape index (κ1) is 13.5. The van der Waals surface area contributed by atoms with Gasteiger partial charge in [0.1, 0.15) is 0 Å². The van der Waals surface area contributed by atoms with E-state index in [1.165, 1.54) is 44.9 Å². The summed E-state index contributed by atoms with van der Waals surface area (Å²) in [6.07, 6.45) is 11.7. The Morgan fingerprint density at radius 1 is 0.938 bits per heavy atom. The standard InChI is InChI=1S/C14H26O2/c1-13-9-5-3-2-4-6-11-14(15)16-12-8-7-10-13/h13H,2-12H2,1H3. The van der Waals surface area contributed by atoms with Gasteiger partial charge in [-0.2, -0.15) is 0 Å². The quantitative estimate of drug-likeness (QED) is 0.582. The molecule has 0 saturated carbocycles. The molecule has 0 aliphatic carbocycles. The molecule has 0 aromatic carbocycles. The Labute approximate surface area is 99.8 Å². The first-order valence-corrected chi connectivity index (χ1v) is 6.94. The molecular formula is C14H26O2. The average Bonchev–Trinajstić information content (AvgIpc) is 2.26. The Hall–Kier alpha value is -0.530. The molecule has 1 aliphatic heterocycles. The van der Waals surface area contributed by atoms with Crippen molar-refractivity contribution in [3.05, 3.63) is 0 Å². The second-order valence-electron chi connectivity index (χ2n) is 5.13. The second kappa shape index (κ2) is 8.60. The third-order valence-corrected chi connectivity index (χ3v) is 3.43. The summed E-state index contributed by atoms with van der Waals surface area (Å²) in [6.45, 7) is 2.98. The van der Waals surface area contributed by atoms with Crippen LogP contribution in [0.4, 0.5) is 0 Å². The van der Waals surface area contributed by atoms with Gasteiger partial charge in [0.15, 0.2) is 0 Å². The van der Waals surface area contributed by atoms with Gasteiger partial charge in [-0.3, -0.25) is 4.79 Å². The number of hydrogen-bond acceptors (Lipinski definition) is 2. The number of rotatable bonds is 0. The summed E-state index contributed by atoms with van der Waals surface area (Å²) >= 11 is 0. The van der Waals surface area contributed by atoms with Gasteiger partial charge in [-0.05, 0) is 25.2 Å². The molecule has 0 aromatic rings. The summed E-state index contributed by atoms with van der Waals surface area (Å²) in [4.78, 5) is 11.3. The van der Waals surface area contributed by atoms with Crippen LogP contribution in [0.3, 0.4) is 0 Å². The van der Waals surface area contributed by atoms with E-state index in [4.69, 9.17) is 4.74 Å². The molecule has 0 N–H and O–H groups in total. The lowest BCUT2D eigenvalue weighted by molar-refractivity contribution is -0.143. The van der Waals surface area contributed by atoms with Gasteiger partial charge in [-0.25, -0.2) is 0 Å². The molecule has 0 bridgehead atoms. The van der Waals surface area contributed by atoms with Crippen LogP contribution in [-0.2, 0) is 9.53 Å². The molecule has 1 atom stereocenters. The first-order chi connectivity index (χ1) is 7.79. The van der Waals surface area contributed by atoms with E-state index in [9.17, 15) is 4.79 Å². The summed E-state index contributed by atoms with van der Waals surface area (Å²) in [5.74, 6) is 0.851. The first-order valence-electron chi connectivity index (χ1n) is 6.94. The summed E-state index contributed by atoms with van der Waals surface area (Å²) in [7, 11) is 0. The lowest BCUT2D eigenvalue weighted by atomic mass is 9.97. The minimum Gasteiger partial charge on any atom is -0.466 e. The van der Waals surface area contributed by atoms with Crippen molar-refractivity contribution >= 4 is 5.97 Å². The molecule has 2 nitrogen and oxygen atoms in total. The molecule has 1 saturated heterocycles. The highest BCUT2D eigenvalue weighted by molar-refractivity contribution is 5.69. The van der Waals surface area contributed by atoms with Crippen LogP contribution in [0.25, 0.3) is 0 Å². The topological polar surface area (TPSA) is 26.3 Å². The van der Waals surface area contributed by atoms with Crippen LogP contribution in [0.2, 0.25) is 0 Å². The smallest absolute Gasteiger partial charge is 0.305 e. The fraction of sp³-hybridized carbons (Fsp3) is 0.929.